The Morgan fingerprint density at radius 3 is 2.26 bits per heavy atom. The third-order valence-electron chi connectivity index (χ3n) is 8.53. The number of aromatic nitrogens is 2. The van der Waals surface area contributed by atoms with E-state index in [4.69, 9.17) is 37.7 Å². The first-order valence-corrected chi connectivity index (χ1v) is 17.1. The number of anilines is 2. The highest BCUT2D eigenvalue weighted by Gasteiger charge is 2.24. The zero-order chi connectivity index (χ0) is 31.5. The molecule has 0 atom stereocenters. The van der Waals surface area contributed by atoms with Crippen LogP contribution in [0, 0.1) is 0 Å². The smallest absolute Gasteiger partial charge is 0.253 e. The predicted octanol–water partition coefficient (Wildman–Crippen LogP) is 6.09. The summed E-state index contributed by atoms with van der Waals surface area (Å²) in [4.78, 5) is 31.4. The highest BCUT2D eigenvalue weighted by molar-refractivity contribution is 7.98. The van der Waals surface area contributed by atoms with Crippen LogP contribution < -0.4 is 19.3 Å². The lowest BCUT2D eigenvalue weighted by atomic mass is 10.1. The van der Waals surface area contributed by atoms with Gasteiger partial charge in [-0.2, -0.15) is 0 Å². The number of thioether (sulfide) groups is 1. The van der Waals surface area contributed by atoms with Crippen LogP contribution in [0.1, 0.15) is 21.5 Å². The fourth-order valence-electron chi connectivity index (χ4n) is 5.98. The van der Waals surface area contributed by atoms with Crippen LogP contribution in [0.4, 0.5) is 11.5 Å². The Balaban J connectivity index is 0.893. The van der Waals surface area contributed by atoms with E-state index in [1.165, 1.54) is 17.3 Å². The first-order chi connectivity index (χ1) is 22.5. The molecule has 7 rings (SSSR count). The Morgan fingerprint density at radius 2 is 1.48 bits per heavy atom. The van der Waals surface area contributed by atoms with Crippen molar-refractivity contribution < 1.29 is 14.3 Å². The van der Waals surface area contributed by atoms with Gasteiger partial charge >= 0.3 is 0 Å². The van der Waals surface area contributed by atoms with Crippen molar-refractivity contribution in [3.8, 4) is 11.5 Å². The summed E-state index contributed by atoms with van der Waals surface area (Å²) in [6, 6.07) is 23.7. The summed E-state index contributed by atoms with van der Waals surface area (Å²) in [5, 5.41) is 1.83. The molecule has 3 aliphatic heterocycles. The summed E-state index contributed by atoms with van der Waals surface area (Å²) in [6.07, 6.45) is 0. The van der Waals surface area contributed by atoms with Crippen molar-refractivity contribution in [1.82, 2.24) is 19.8 Å². The molecule has 1 amide bonds. The molecule has 2 saturated heterocycles. The maximum absolute atomic E-state index is 13.2. The standard InChI is InChI=1S/C34H34Cl2N6O3S/c35-27-3-1-2-4-28(27)40-15-17-41(18-16-40)32-20-31(36)37-34(38-32)46-22-24-5-8-26(9-6-24)33(43)42-13-11-39(12-14-42)21-25-7-10-29-30(19-25)45-23-44-29/h1-10,19-20H,11-18,21-23H2. The first kappa shape index (κ1) is 30.9. The van der Waals surface area contributed by atoms with Crippen LogP contribution >= 0.6 is 35.0 Å². The van der Waals surface area contributed by atoms with Gasteiger partial charge in [-0.3, -0.25) is 9.69 Å². The van der Waals surface area contributed by atoms with E-state index in [2.05, 4.69) is 31.8 Å². The summed E-state index contributed by atoms with van der Waals surface area (Å²) < 4.78 is 10.9. The van der Waals surface area contributed by atoms with Gasteiger partial charge < -0.3 is 24.2 Å². The Morgan fingerprint density at radius 1 is 0.761 bits per heavy atom. The Kier molecular flexibility index (Phi) is 9.39. The molecule has 0 bridgehead atoms. The lowest BCUT2D eigenvalue weighted by Crippen LogP contribution is -2.48. The van der Waals surface area contributed by atoms with E-state index in [0.717, 1.165) is 79.4 Å². The number of halogens is 2. The summed E-state index contributed by atoms with van der Waals surface area (Å²) in [5.74, 6) is 3.18. The molecular weight excluding hydrogens is 643 g/mol. The SMILES string of the molecule is O=C(c1ccc(CSc2nc(Cl)cc(N3CCN(c4ccccc4Cl)CC3)n2)cc1)N1CCN(Cc2ccc3c(c2)OCO3)CC1. The van der Waals surface area contributed by atoms with E-state index < -0.39 is 0 Å². The minimum Gasteiger partial charge on any atom is -0.454 e. The van der Waals surface area contributed by atoms with Gasteiger partial charge in [0.15, 0.2) is 16.7 Å². The minimum atomic E-state index is 0.0689. The average Bonchev–Trinajstić information content (AvgIpc) is 3.56. The zero-order valence-corrected chi connectivity index (χ0v) is 27.6. The second-order valence-corrected chi connectivity index (χ2v) is 13.2. The Hall–Kier alpha value is -3.70. The number of carbonyl (C=O) groups excluding carboxylic acids is 1. The van der Waals surface area contributed by atoms with Crippen LogP contribution in [0.2, 0.25) is 10.2 Å². The van der Waals surface area contributed by atoms with Gasteiger partial charge in [0.2, 0.25) is 6.79 Å². The molecule has 0 aliphatic carbocycles. The number of nitrogens with zero attached hydrogens (tertiary/aromatic N) is 6. The highest BCUT2D eigenvalue weighted by Crippen LogP contribution is 2.33. The monoisotopic (exact) mass is 676 g/mol. The van der Waals surface area contributed by atoms with Crippen LogP contribution in [-0.4, -0.2) is 84.8 Å². The molecule has 238 valence electrons. The number of fused-ring (bicyclic) bond motifs is 1. The molecule has 3 aliphatic rings. The lowest BCUT2D eigenvalue weighted by molar-refractivity contribution is 0.0628. The fourth-order valence-corrected chi connectivity index (χ4v) is 7.27. The number of piperazine rings is 2. The molecule has 0 unspecified atom stereocenters. The van der Waals surface area contributed by atoms with E-state index in [1.54, 1.807) is 0 Å². The Bertz CT molecular complexity index is 1700. The van der Waals surface area contributed by atoms with Crippen molar-refractivity contribution in [2.75, 3.05) is 69.0 Å². The van der Waals surface area contributed by atoms with Crippen molar-refractivity contribution in [3.63, 3.8) is 0 Å². The van der Waals surface area contributed by atoms with Gasteiger partial charge in [-0.25, -0.2) is 9.97 Å². The maximum atomic E-state index is 13.2. The molecule has 0 spiro atoms. The average molecular weight is 678 g/mol. The van der Waals surface area contributed by atoms with Gasteiger partial charge in [-0.05, 0) is 47.5 Å². The second kappa shape index (κ2) is 14.0. The van der Waals surface area contributed by atoms with Crippen LogP contribution in [0.3, 0.4) is 0 Å². The fraction of sp³-hybridized carbons (Fsp3) is 0.324. The molecular formula is C34H34Cl2N6O3S. The van der Waals surface area contributed by atoms with Gasteiger partial charge in [-0.15, -0.1) is 0 Å². The number of hydrogen-bond donors (Lipinski definition) is 0. The van der Waals surface area contributed by atoms with Crippen molar-refractivity contribution in [2.45, 2.75) is 17.5 Å². The van der Waals surface area contributed by atoms with Crippen molar-refractivity contribution >= 4 is 52.4 Å². The number of ether oxygens (including phenoxy) is 2. The third kappa shape index (κ3) is 7.15. The Labute approximate surface area is 283 Å². The first-order valence-electron chi connectivity index (χ1n) is 15.4. The van der Waals surface area contributed by atoms with Gasteiger partial charge in [0, 0.05) is 76.3 Å². The normalized spacial score (nSPS) is 16.6. The van der Waals surface area contributed by atoms with Gasteiger partial charge in [0.05, 0.1) is 10.7 Å². The highest BCUT2D eigenvalue weighted by atomic mass is 35.5. The predicted molar refractivity (Wildman–Crippen MR) is 183 cm³/mol. The van der Waals surface area contributed by atoms with E-state index >= 15 is 0 Å². The molecule has 4 heterocycles. The molecule has 4 aromatic rings. The van der Waals surface area contributed by atoms with Crippen molar-refractivity contribution in [1.29, 1.82) is 0 Å². The summed E-state index contributed by atoms with van der Waals surface area (Å²) in [6.45, 7) is 7.46. The topological polar surface area (TPSA) is 74.3 Å². The van der Waals surface area contributed by atoms with Gasteiger partial charge in [-0.1, -0.05) is 65.3 Å². The van der Waals surface area contributed by atoms with E-state index in [9.17, 15) is 4.79 Å². The number of hydrogen-bond acceptors (Lipinski definition) is 9. The van der Waals surface area contributed by atoms with E-state index in [-0.39, 0.29) is 12.7 Å². The summed E-state index contributed by atoms with van der Waals surface area (Å²) in [7, 11) is 0. The molecule has 0 radical (unpaired) electrons. The van der Waals surface area contributed by atoms with Gasteiger partial charge in [0.1, 0.15) is 11.0 Å². The van der Waals surface area contributed by atoms with Crippen LogP contribution in [-0.2, 0) is 12.3 Å². The third-order valence-corrected chi connectivity index (χ3v) is 9.96. The maximum Gasteiger partial charge on any atom is 0.253 e. The zero-order valence-electron chi connectivity index (χ0n) is 25.3. The van der Waals surface area contributed by atoms with E-state index in [0.29, 0.717) is 34.7 Å². The number of para-hydroxylation sites is 1. The van der Waals surface area contributed by atoms with E-state index in [1.807, 2.05) is 65.6 Å². The lowest BCUT2D eigenvalue weighted by Gasteiger charge is -2.37. The number of amides is 1. The molecule has 46 heavy (non-hydrogen) atoms. The second-order valence-electron chi connectivity index (χ2n) is 11.5. The molecule has 9 nitrogen and oxygen atoms in total. The van der Waals surface area contributed by atoms with Crippen LogP contribution in [0.15, 0.2) is 78.0 Å². The number of benzene rings is 3. The molecule has 1 aromatic heterocycles. The van der Waals surface area contributed by atoms with Crippen LogP contribution in [0.5, 0.6) is 11.5 Å². The van der Waals surface area contributed by atoms with Crippen molar-refractivity contribution in [2.24, 2.45) is 0 Å². The number of carbonyl (C=O) groups is 1. The van der Waals surface area contributed by atoms with Crippen molar-refractivity contribution in [3.05, 3.63) is 99.7 Å². The number of rotatable bonds is 8. The molecule has 0 N–H and O–H groups in total. The quantitative estimate of drug-likeness (QED) is 0.125. The molecule has 3 aromatic carbocycles. The van der Waals surface area contributed by atoms with Crippen LogP contribution in [0.25, 0.3) is 0 Å². The largest absolute Gasteiger partial charge is 0.454 e. The molecule has 12 heteroatoms. The summed E-state index contributed by atoms with van der Waals surface area (Å²) >= 11 is 14.4. The minimum absolute atomic E-state index is 0.0689. The molecule has 2 fully saturated rings. The molecule has 0 saturated carbocycles. The summed E-state index contributed by atoms with van der Waals surface area (Å²) in [5.41, 5.74) is 4.04. The van der Waals surface area contributed by atoms with Gasteiger partial charge in [0.25, 0.3) is 5.91 Å².